The third kappa shape index (κ3) is 5.33. The summed E-state index contributed by atoms with van der Waals surface area (Å²) in [6, 6.07) is 17.4. The lowest BCUT2D eigenvalue weighted by atomic mass is 10.1. The van der Waals surface area contributed by atoms with E-state index in [1.54, 1.807) is 24.3 Å². The molecule has 2 amide bonds. The lowest BCUT2D eigenvalue weighted by Gasteiger charge is -2.25. The van der Waals surface area contributed by atoms with Gasteiger partial charge in [-0.25, -0.2) is 4.98 Å². The fourth-order valence-corrected chi connectivity index (χ4v) is 4.64. The molecule has 0 bridgehead atoms. The third-order valence-corrected chi connectivity index (χ3v) is 6.35. The Hall–Kier alpha value is -2.55. The number of nitrogens with zero attached hydrogens (tertiary/aromatic N) is 2. The van der Waals surface area contributed by atoms with Crippen LogP contribution in [0.3, 0.4) is 0 Å². The van der Waals surface area contributed by atoms with Crippen molar-refractivity contribution in [3.8, 4) is 0 Å². The van der Waals surface area contributed by atoms with Crippen LogP contribution in [0.25, 0.3) is 0 Å². The first-order valence-electron chi connectivity index (χ1n) is 9.65. The number of rotatable bonds is 6. The van der Waals surface area contributed by atoms with E-state index in [2.05, 4.69) is 60.7 Å². The molecule has 4 rings (SSSR count). The van der Waals surface area contributed by atoms with Crippen molar-refractivity contribution < 1.29 is 9.59 Å². The highest BCUT2D eigenvalue weighted by atomic mass is 79.9. The number of carbonyl (C=O) groups excluding carboxylic acids is 2. The molecule has 1 aliphatic heterocycles. The molecule has 0 spiro atoms. The number of aromatic nitrogens is 1. The van der Waals surface area contributed by atoms with Gasteiger partial charge in [-0.2, -0.15) is 0 Å². The van der Waals surface area contributed by atoms with Crippen LogP contribution in [0.2, 0.25) is 0 Å². The van der Waals surface area contributed by atoms with Crippen molar-refractivity contribution in [2.75, 3.05) is 18.4 Å². The highest BCUT2D eigenvalue weighted by molar-refractivity contribution is 9.10. The Morgan fingerprint density at radius 2 is 1.87 bits per heavy atom. The maximum atomic E-state index is 12.2. The van der Waals surface area contributed by atoms with Gasteiger partial charge in [0.15, 0.2) is 5.13 Å². The first-order chi connectivity index (χ1) is 14.6. The van der Waals surface area contributed by atoms with Crippen LogP contribution in [0.15, 0.2) is 59.1 Å². The molecule has 0 saturated carbocycles. The maximum Gasteiger partial charge on any atom is 0.251 e. The highest BCUT2D eigenvalue weighted by Crippen LogP contribution is 2.29. The van der Waals surface area contributed by atoms with Crippen molar-refractivity contribution in [3.05, 3.63) is 80.8 Å². The number of anilines is 1. The lowest BCUT2D eigenvalue weighted by Crippen LogP contribution is -2.32. The Bertz CT molecular complexity index is 1040. The Morgan fingerprint density at radius 3 is 2.63 bits per heavy atom. The van der Waals surface area contributed by atoms with Crippen LogP contribution in [0.1, 0.15) is 26.5 Å². The monoisotopic (exact) mass is 484 g/mol. The van der Waals surface area contributed by atoms with E-state index in [1.165, 1.54) is 21.8 Å². The number of nitrogens with one attached hydrogen (secondary N) is 2. The Balaban J connectivity index is 1.29. The van der Waals surface area contributed by atoms with Crippen LogP contribution < -0.4 is 10.6 Å². The van der Waals surface area contributed by atoms with Gasteiger partial charge in [0.2, 0.25) is 5.91 Å². The molecule has 0 aliphatic carbocycles. The second-order valence-electron chi connectivity index (χ2n) is 7.07. The van der Waals surface area contributed by atoms with Crippen molar-refractivity contribution in [2.45, 2.75) is 19.5 Å². The molecule has 1 aromatic heterocycles. The highest BCUT2D eigenvalue weighted by Gasteiger charge is 2.21. The van der Waals surface area contributed by atoms with E-state index >= 15 is 0 Å². The number of fused-ring (bicyclic) bond motifs is 1. The van der Waals surface area contributed by atoms with Gasteiger partial charge >= 0.3 is 0 Å². The Kier molecular flexibility index (Phi) is 6.56. The average molecular weight is 485 g/mol. The zero-order valence-electron chi connectivity index (χ0n) is 16.2. The Morgan fingerprint density at radius 1 is 1.10 bits per heavy atom. The zero-order chi connectivity index (χ0) is 20.9. The van der Waals surface area contributed by atoms with E-state index in [4.69, 9.17) is 0 Å². The lowest BCUT2D eigenvalue weighted by molar-refractivity contribution is -0.115. The molecule has 2 aromatic carbocycles. The van der Waals surface area contributed by atoms with Crippen LogP contribution in [0, 0.1) is 0 Å². The zero-order valence-corrected chi connectivity index (χ0v) is 18.6. The first-order valence-corrected chi connectivity index (χ1v) is 11.3. The summed E-state index contributed by atoms with van der Waals surface area (Å²) in [5.41, 5.74) is 2.85. The average Bonchev–Trinajstić information content (AvgIpc) is 3.14. The first kappa shape index (κ1) is 20.7. The summed E-state index contributed by atoms with van der Waals surface area (Å²) >= 11 is 4.84. The second kappa shape index (κ2) is 9.51. The predicted octanol–water partition coefficient (Wildman–Crippen LogP) is 3.83. The molecule has 8 heteroatoms. The number of hydrogen-bond donors (Lipinski definition) is 2. The summed E-state index contributed by atoms with van der Waals surface area (Å²) in [6.45, 7) is 2.58. The minimum atomic E-state index is -0.285. The SMILES string of the molecule is O=C(CNC(=O)c1ccc(Br)cc1)Nc1nc2c(s1)CN(Cc1ccccc1)CC2. The van der Waals surface area contributed by atoms with E-state index in [-0.39, 0.29) is 18.4 Å². The molecule has 2 heterocycles. The molecule has 2 N–H and O–H groups in total. The largest absolute Gasteiger partial charge is 0.343 e. The van der Waals surface area contributed by atoms with E-state index < -0.39 is 0 Å². The van der Waals surface area contributed by atoms with E-state index in [0.717, 1.165) is 36.2 Å². The van der Waals surface area contributed by atoms with Gasteiger partial charge in [0.05, 0.1) is 12.2 Å². The minimum absolute atomic E-state index is 0.0979. The summed E-state index contributed by atoms with van der Waals surface area (Å²) in [6.07, 6.45) is 0.870. The predicted molar refractivity (Wildman–Crippen MR) is 121 cm³/mol. The smallest absolute Gasteiger partial charge is 0.251 e. The van der Waals surface area contributed by atoms with Crippen LogP contribution >= 0.6 is 27.3 Å². The van der Waals surface area contributed by atoms with Crippen molar-refractivity contribution in [1.82, 2.24) is 15.2 Å². The molecular formula is C22H21BrN4O2S. The number of hydrogen-bond acceptors (Lipinski definition) is 5. The van der Waals surface area contributed by atoms with Gasteiger partial charge in [-0.05, 0) is 29.8 Å². The van der Waals surface area contributed by atoms with Gasteiger partial charge in [0, 0.05) is 41.0 Å². The molecule has 0 fully saturated rings. The van der Waals surface area contributed by atoms with E-state index in [1.807, 2.05) is 6.07 Å². The molecule has 0 saturated heterocycles. The summed E-state index contributed by atoms with van der Waals surface area (Å²) in [5, 5.41) is 6.03. The fraction of sp³-hybridized carbons (Fsp3) is 0.227. The molecule has 30 heavy (non-hydrogen) atoms. The van der Waals surface area contributed by atoms with Gasteiger partial charge in [-0.3, -0.25) is 14.5 Å². The number of amides is 2. The van der Waals surface area contributed by atoms with E-state index in [0.29, 0.717) is 10.7 Å². The fourth-order valence-electron chi connectivity index (χ4n) is 3.31. The van der Waals surface area contributed by atoms with Gasteiger partial charge in [-0.1, -0.05) is 46.3 Å². The molecule has 1 aliphatic rings. The quantitative estimate of drug-likeness (QED) is 0.557. The van der Waals surface area contributed by atoms with Gasteiger partial charge in [-0.15, -0.1) is 11.3 Å². The number of halogens is 1. The molecule has 0 unspecified atom stereocenters. The summed E-state index contributed by atoms with van der Waals surface area (Å²) in [4.78, 5) is 32.5. The van der Waals surface area contributed by atoms with Crippen molar-refractivity contribution in [3.63, 3.8) is 0 Å². The number of thiazole rings is 1. The molecule has 6 nitrogen and oxygen atoms in total. The number of benzene rings is 2. The molecule has 3 aromatic rings. The molecular weight excluding hydrogens is 464 g/mol. The minimum Gasteiger partial charge on any atom is -0.343 e. The normalized spacial score (nSPS) is 13.5. The van der Waals surface area contributed by atoms with Crippen LogP contribution in [0.5, 0.6) is 0 Å². The van der Waals surface area contributed by atoms with Gasteiger partial charge in [0.25, 0.3) is 5.91 Å². The van der Waals surface area contributed by atoms with Crippen molar-refractivity contribution in [2.24, 2.45) is 0 Å². The van der Waals surface area contributed by atoms with Gasteiger partial charge < -0.3 is 10.6 Å². The van der Waals surface area contributed by atoms with Gasteiger partial charge in [0.1, 0.15) is 0 Å². The summed E-state index contributed by atoms with van der Waals surface area (Å²) in [7, 11) is 0. The second-order valence-corrected chi connectivity index (χ2v) is 9.07. The topological polar surface area (TPSA) is 74.3 Å². The molecule has 154 valence electrons. The van der Waals surface area contributed by atoms with Crippen LogP contribution in [0.4, 0.5) is 5.13 Å². The Labute approximate surface area is 187 Å². The molecule has 0 atom stereocenters. The maximum absolute atomic E-state index is 12.2. The van der Waals surface area contributed by atoms with Crippen molar-refractivity contribution in [1.29, 1.82) is 0 Å². The molecule has 0 radical (unpaired) electrons. The summed E-state index contributed by atoms with van der Waals surface area (Å²) < 4.78 is 0.895. The number of carbonyl (C=O) groups is 2. The third-order valence-electron chi connectivity index (χ3n) is 4.82. The standard InChI is InChI=1S/C22H21BrN4O2S/c23-17-8-6-16(7-9-17)21(29)24-12-20(28)26-22-25-18-10-11-27(14-19(18)30-22)13-15-4-2-1-3-5-15/h1-9H,10-14H2,(H,24,29)(H,25,26,28). The van der Waals surface area contributed by atoms with E-state index in [9.17, 15) is 9.59 Å². The summed E-state index contributed by atoms with van der Waals surface area (Å²) in [5.74, 6) is -0.569. The van der Waals surface area contributed by atoms with Crippen LogP contribution in [-0.2, 0) is 24.3 Å². The van der Waals surface area contributed by atoms with Crippen molar-refractivity contribution >= 4 is 44.2 Å². The van der Waals surface area contributed by atoms with Crippen LogP contribution in [-0.4, -0.2) is 34.8 Å².